The highest BCUT2D eigenvalue weighted by molar-refractivity contribution is 5.40. The summed E-state index contributed by atoms with van der Waals surface area (Å²) < 4.78 is 0. The largest absolute Gasteiger partial charge is 0.391 e. The van der Waals surface area contributed by atoms with E-state index in [9.17, 15) is 5.11 Å². The smallest absolute Gasteiger partial charge is 0.0761 e. The topological polar surface area (TPSA) is 46.2 Å². The number of benzene rings is 1. The second-order valence-corrected chi connectivity index (χ2v) is 5.17. The molecule has 0 heterocycles. The molecule has 2 rings (SSSR count). The van der Waals surface area contributed by atoms with E-state index in [1.165, 1.54) is 16.7 Å². The van der Waals surface area contributed by atoms with Crippen molar-refractivity contribution in [3.05, 3.63) is 34.4 Å². The summed E-state index contributed by atoms with van der Waals surface area (Å²) in [6.07, 6.45) is 1.87. The van der Waals surface area contributed by atoms with Crippen molar-refractivity contribution in [1.82, 2.24) is 0 Å². The van der Waals surface area contributed by atoms with Gasteiger partial charge in [-0.1, -0.05) is 17.7 Å². The molecule has 2 heteroatoms. The summed E-state index contributed by atoms with van der Waals surface area (Å²) in [6, 6.07) is 4.05. The second-order valence-electron chi connectivity index (χ2n) is 5.17. The first kappa shape index (κ1) is 11.6. The van der Waals surface area contributed by atoms with Crippen LogP contribution in [0, 0.1) is 26.7 Å². The Bertz CT molecular complexity index is 373. The summed E-state index contributed by atoms with van der Waals surface area (Å²) in [5, 5.41) is 10.1. The molecule has 1 aliphatic carbocycles. The van der Waals surface area contributed by atoms with Crippen LogP contribution in [0.25, 0.3) is 0 Å². The summed E-state index contributed by atoms with van der Waals surface area (Å²) in [4.78, 5) is 0. The van der Waals surface area contributed by atoms with Crippen molar-refractivity contribution in [2.24, 2.45) is 11.7 Å². The molecule has 2 atom stereocenters. The van der Waals surface area contributed by atoms with E-state index in [4.69, 9.17) is 5.73 Å². The van der Waals surface area contributed by atoms with E-state index in [0.717, 1.165) is 18.4 Å². The molecule has 16 heavy (non-hydrogen) atoms. The van der Waals surface area contributed by atoms with Crippen LogP contribution in [0.15, 0.2) is 12.1 Å². The number of aryl methyl sites for hydroxylation is 3. The van der Waals surface area contributed by atoms with Gasteiger partial charge in [0.2, 0.25) is 0 Å². The lowest BCUT2D eigenvalue weighted by atomic mass is 9.90. The molecule has 0 unspecified atom stereocenters. The maximum Gasteiger partial charge on any atom is 0.0761 e. The predicted molar refractivity (Wildman–Crippen MR) is 66.3 cm³/mol. The Morgan fingerprint density at radius 2 is 1.69 bits per heavy atom. The third-order valence-corrected chi connectivity index (χ3v) is 3.54. The third kappa shape index (κ3) is 2.13. The van der Waals surface area contributed by atoms with Crippen LogP contribution in [0.5, 0.6) is 0 Å². The molecule has 1 aromatic carbocycles. The van der Waals surface area contributed by atoms with Crippen molar-refractivity contribution in [2.75, 3.05) is 0 Å². The van der Waals surface area contributed by atoms with Crippen molar-refractivity contribution in [2.45, 2.75) is 45.8 Å². The van der Waals surface area contributed by atoms with Gasteiger partial charge in [0.25, 0.3) is 0 Å². The summed E-state index contributed by atoms with van der Waals surface area (Å²) in [5.41, 5.74) is 11.0. The van der Waals surface area contributed by atoms with Crippen molar-refractivity contribution < 1.29 is 5.11 Å². The predicted octanol–water partition coefficient (Wildman–Crippen LogP) is 2.38. The van der Waals surface area contributed by atoms with E-state index in [1.807, 2.05) is 0 Å². The van der Waals surface area contributed by atoms with Gasteiger partial charge in [-0.25, -0.2) is 0 Å². The van der Waals surface area contributed by atoms with Gasteiger partial charge in [0, 0.05) is 0 Å². The Balaban J connectivity index is 2.31. The number of hydrogen-bond acceptors (Lipinski definition) is 2. The minimum atomic E-state index is -0.375. The molecule has 0 aromatic heterocycles. The van der Waals surface area contributed by atoms with Gasteiger partial charge in [-0.05, 0) is 56.2 Å². The number of aliphatic hydroxyl groups is 1. The Hall–Kier alpha value is -0.860. The Labute approximate surface area is 97.5 Å². The minimum Gasteiger partial charge on any atom is -0.391 e. The van der Waals surface area contributed by atoms with E-state index in [1.54, 1.807) is 0 Å². The molecule has 0 amide bonds. The molecule has 0 bridgehead atoms. The van der Waals surface area contributed by atoms with Gasteiger partial charge in [-0.2, -0.15) is 0 Å². The fourth-order valence-electron chi connectivity index (χ4n) is 2.62. The van der Waals surface area contributed by atoms with Gasteiger partial charge in [0.1, 0.15) is 0 Å². The molecule has 88 valence electrons. The lowest BCUT2D eigenvalue weighted by molar-refractivity contribution is 0.122. The Kier molecular flexibility index (Phi) is 3.04. The maximum atomic E-state index is 10.1. The van der Waals surface area contributed by atoms with Crippen LogP contribution in [0.3, 0.4) is 0 Å². The van der Waals surface area contributed by atoms with E-state index in [-0.39, 0.29) is 12.1 Å². The zero-order chi connectivity index (χ0) is 11.9. The Morgan fingerprint density at radius 3 is 2.12 bits per heavy atom. The molecule has 0 aliphatic heterocycles. The van der Waals surface area contributed by atoms with Gasteiger partial charge >= 0.3 is 0 Å². The molecule has 0 radical (unpaired) electrons. The highest BCUT2D eigenvalue weighted by Gasteiger charge is 2.35. The molecule has 1 aromatic rings. The number of rotatable bonds is 3. The monoisotopic (exact) mass is 219 g/mol. The van der Waals surface area contributed by atoms with Crippen LogP contribution in [-0.2, 0) is 0 Å². The summed E-state index contributed by atoms with van der Waals surface area (Å²) >= 11 is 0. The van der Waals surface area contributed by atoms with Crippen molar-refractivity contribution >= 4 is 0 Å². The standard InChI is InChI=1S/C14H21NO/c1-8-6-9(2)12(10(3)7-8)13(15)14(16)11-4-5-11/h6-7,11,13-14,16H,4-5,15H2,1-3H3/t13-,14+/m1/s1. The zero-order valence-electron chi connectivity index (χ0n) is 10.3. The molecule has 3 N–H and O–H groups in total. The lowest BCUT2D eigenvalue weighted by Gasteiger charge is -2.23. The molecular weight excluding hydrogens is 198 g/mol. The van der Waals surface area contributed by atoms with Crippen LogP contribution >= 0.6 is 0 Å². The Morgan fingerprint density at radius 1 is 1.19 bits per heavy atom. The highest BCUT2D eigenvalue weighted by atomic mass is 16.3. The number of hydrogen-bond donors (Lipinski definition) is 2. The number of nitrogens with two attached hydrogens (primary N) is 1. The fourth-order valence-corrected chi connectivity index (χ4v) is 2.62. The molecule has 2 nitrogen and oxygen atoms in total. The lowest BCUT2D eigenvalue weighted by Crippen LogP contribution is -2.29. The molecular formula is C14H21NO. The highest BCUT2D eigenvalue weighted by Crippen LogP contribution is 2.38. The average Bonchev–Trinajstić information content (AvgIpc) is 2.97. The first-order valence-corrected chi connectivity index (χ1v) is 6.02. The van der Waals surface area contributed by atoms with Crippen molar-refractivity contribution in [3.63, 3.8) is 0 Å². The molecule has 0 saturated heterocycles. The van der Waals surface area contributed by atoms with Gasteiger partial charge in [-0.15, -0.1) is 0 Å². The molecule has 1 saturated carbocycles. The van der Waals surface area contributed by atoms with Crippen molar-refractivity contribution in [1.29, 1.82) is 0 Å². The first-order chi connectivity index (χ1) is 7.50. The number of aliphatic hydroxyl groups excluding tert-OH is 1. The summed E-state index contributed by atoms with van der Waals surface area (Å²) in [7, 11) is 0. The molecule has 1 fully saturated rings. The van der Waals surface area contributed by atoms with Crippen LogP contribution in [0.2, 0.25) is 0 Å². The van der Waals surface area contributed by atoms with E-state index < -0.39 is 0 Å². The van der Waals surface area contributed by atoms with E-state index >= 15 is 0 Å². The normalized spacial score (nSPS) is 19.6. The van der Waals surface area contributed by atoms with Crippen LogP contribution < -0.4 is 5.73 Å². The first-order valence-electron chi connectivity index (χ1n) is 6.02. The minimum absolute atomic E-state index is 0.229. The SMILES string of the molecule is Cc1cc(C)c([C@@H](N)[C@@H](O)C2CC2)c(C)c1. The maximum absolute atomic E-state index is 10.1. The molecule has 0 spiro atoms. The van der Waals surface area contributed by atoms with Gasteiger partial charge in [0.05, 0.1) is 12.1 Å². The average molecular weight is 219 g/mol. The van der Waals surface area contributed by atoms with Gasteiger partial charge in [0.15, 0.2) is 0 Å². The summed E-state index contributed by atoms with van der Waals surface area (Å²) in [6.45, 7) is 6.25. The second kappa shape index (κ2) is 4.19. The van der Waals surface area contributed by atoms with E-state index in [2.05, 4.69) is 32.9 Å². The van der Waals surface area contributed by atoms with E-state index in [0.29, 0.717) is 5.92 Å². The third-order valence-electron chi connectivity index (χ3n) is 3.54. The summed E-state index contributed by atoms with van der Waals surface area (Å²) in [5.74, 6) is 0.426. The fraction of sp³-hybridized carbons (Fsp3) is 0.571. The van der Waals surface area contributed by atoms with Gasteiger partial charge < -0.3 is 10.8 Å². The zero-order valence-corrected chi connectivity index (χ0v) is 10.3. The molecule has 1 aliphatic rings. The quantitative estimate of drug-likeness (QED) is 0.820. The van der Waals surface area contributed by atoms with Crippen LogP contribution in [0.4, 0.5) is 0 Å². The van der Waals surface area contributed by atoms with Crippen LogP contribution in [0.1, 0.15) is 41.1 Å². The van der Waals surface area contributed by atoms with Gasteiger partial charge in [-0.3, -0.25) is 0 Å². The van der Waals surface area contributed by atoms with Crippen LogP contribution in [-0.4, -0.2) is 11.2 Å². The van der Waals surface area contributed by atoms with Crippen molar-refractivity contribution in [3.8, 4) is 0 Å².